The minimum Gasteiger partial charge on any atom is -0.359 e. The predicted molar refractivity (Wildman–Crippen MR) is 84.4 cm³/mol. The van der Waals surface area contributed by atoms with Gasteiger partial charge < -0.3 is 15.6 Å². The molecular weight excluding hydrogens is 262 g/mol. The Kier molecular flexibility index (Phi) is 2.74. The first kappa shape index (κ1) is 12.7. The fraction of sp³-hybridized carbons (Fsp3) is 0.471. The van der Waals surface area contributed by atoms with E-state index in [4.69, 9.17) is 0 Å². The van der Waals surface area contributed by atoms with Crippen molar-refractivity contribution in [2.45, 2.75) is 32.6 Å². The summed E-state index contributed by atoms with van der Waals surface area (Å²) < 4.78 is 0. The van der Waals surface area contributed by atoms with E-state index >= 15 is 0 Å². The molecule has 0 radical (unpaired) electrons. The van der Waals surface area contributed by atoms with E-state index in [1.165, 1.54) is 25.7 Å². The minimum atomic E-state index is -0.0893. The number of aryl methyl sites for hydroxylation is 1. The molecule has 4 rings (SSSR count). The number of carbonyl (C=O) groups excluding carboxylic acids is 1. The lowest BCUT2D eigenvalue weighted by molar-refractivity contribution is 0.248. The zero-order valence-corrected chi connectivity index (χ0v) is 12.3. The van der Waals surface area contributed by atoms with Gasteiger partial charge in [-0.15, -0.1) is 0 Å². The van der Waals surface area contributed by atoms with Gasteiger partial charge in [-0.2, -0.15) is 0 Å². The van der Waals surface area contributed by atoms with Crippen LogP contribution in [0.2, 0.25) is 0 Å². The van der Waals surface area contributed by atoms with Crippen LogP contribution in [0.1, 0.15) is 31.4 Å². The molecule has 3 N–H and O–H groups in total. The van der Waals surface area contributed by atoms with Crippen LogP contribution in [0, 0.1) is 18.3 Å². The number of aromatic nitrogens is 1. The van der Waals surface area contributed by atoms with E-state index in [2.05, 4.69) is 21.7 Å². The second-order valence-electron chi connectivity index (χ2n) is 6.70. The molecule has 4 heteroatoms. The molecule has 2 aliphatic carbocycles. The monoisotopic (exact) mass is 283 g/mol. The zero-order chi connectivity index (χ0) is 14.4. The Morgan fingerprint density at radius 1 is 1.33 bits per heavy atom. The van der Waals surface area contributed by atoms with E-state index < -0.39 is 0 Å². The van der Waals surface area contributed by atoms with Crippen molar-refractivity contribution in [2.24, 2.45) is 11.3 Å². The molecule has 2 aliphatic rings. The normalized spacial score (nSPS) is 19.5. The molecule has 0 saturated heterocycles. The highest BCUT2D eigenvalue weighted by Gasteiger charge is 2.53. The summed E-state index contributed by atoms with van der Waals surface area (Å²) in [7, 11) is 0. The van der Waals surface area contributed by atoms with E-state index in [1.54, 1.807) is 0 Å². The quantitative estimate of drug-likeness (QED) is 0.785. The number of H-pyrrole nitrogens is 1. The summed E-state index contributed by atoms with van der Waals surface area (Å²) in [5.74, 6) is 0.872. The topological polar surface area (TPSA) is 56.9 Å². The van der Waals surface area contributed by atoms with Crippen molar-refractivity contribution in [3.63, 3.8) is 0 Å². The van der Waals surface area contributed by atoms with Crippen molar-refractivity contribution < 1.29 is 4.79 Å². The lowest BCUT2D eigenvalue weighted by atomic mass is 10.0. The third kappa shape index (κ3) is 2.50. The van der Waals surface area contributed by atoms with Gasteiger partial charge in [0.15, 0.2) is 0 Å². The number of hydrogen-bond acceptors (Lipinski definition) is 1. The molecule has 1 heterocycles. The number of anilines is 1. The van der Waals surface area contributed by atoms with Crippen LogP contribution in [0.5, 0.6) is 0 Å². The summed E-state index contributed by atoms with van der Waals surface area (Å²) >= 11 is 0. The maximum absolute atomic E-state index is 12.0. The van der Waals surface area contributed by atoms with Crippen molar-refractivity contribution in [3.05, 3.63) is 30.0 Å². The number of rotatable bonds is 4. The van der Waals surface area contributed by atoms with Crippen LogP contribution in [-0.2, 0) is 0 Å². The molecule has 4 nitrogen and oxygen atoms in total. The van der Waals surface area contributed by atoms with E-state index in [0.717, 1.165) is 34.7 Å². The molecule has 21 heavy (non-hydrogen) atoms. The number of urea groups is 1. The van der Waals surface area contributed by atoms with Gasteiger partial charge in [0.2, 0.25) is 0 Å². The molecule has 0 bridgehead atoms. The fourth-order valence-corrected chi connectivity index (χ4v) is 3.37. The summed E-state index contributed by atoms with van der Waals surface area (Å²) in [6.45, 7) is 2.86. The van der Waals surface area contributed by atoms with Crippen LogP contribution in [0.25, 0.3) is 10.9 Å². The smallest absolute Gasteiger partial charge is 0.319 e. The average Bonchev–Trinajstić information content (AvgIpc) is 3.33. The van der Waals surface area contributed by atoms with E-state index in [9.17, 15) is 4.79 Å². The third-order valence-corrected chi connectivity index (χ3v) is 4.95. The molecule has 1 aromatic heterocycles. The Hall–Kier alpha value is -1.97. The summed E-state index contributed by atoms with van der Waals surface area (Å²) in [6, 6.07) is 7.95. The molecular formula is C17H21N3O. The molecule has 0 atom stereocenters. The summed E-state index contributed by atoms with van der Waals surface area (Å²) in [5.41, 5.74) is 3.52. The maximum atomic E-state index is 12.0. The molecule has 2 amide bonds. The van der Waals surface area contributed by atoms with Gasteiger partial charge in [-0.05, 0) is 68.2 Å². The van der Waals surface area contributed by atoms with E-state index in [0.29, 0.717) is 5.41 Å². The van der Waals surface area contributed by atoms with Crippen molar-refractivity contribution in [2.75, 3.05) is 11.9 Å². The first-order valence-corrected chi connectivity index (χ1v) is 7.79. The van der Waals surface area contributed by atoms with Crippen LogP contribution in [0.4, 0.5) is 10.5 Å². The van der Waals surface area contributed by atoms with Gasteiger partial charge >= 0.3 is 6.03 Å². The highest BCUT2D eigenvalue weighted by Crippen LogP contribution is 2.60. The van der Waals surface area contributed by atoms with E-state index in [1.807, 2.05) is 25.1 Å². The number of aromatic amines is 1. The molecule has 0 spiro atoms. The number of carbonyl (C=O) groups is 1. The number of hydrogen-bond donors (Lipinski definition) is 3. The largest absolute Gasteiger partial charge is 0.359 e. The molecule has 2 aromatic rings. The molecule has 2 saturated carbocycles. The molecule has 110 valence electrons. The van der Waals surface area contributed by atoms with Crippen LogP contribution < -0.4 is 10.6 Å². The van der Waals surface area contributed by atoms with Gasteiger partial charge in [0.05, 0.1) is 0 Å². The van der Waals surface area contributed by atoms with Gasteiger partial charge in [0.1, 0.15) is 0 Å². The molecule has 1 aromatic carbocycles. The summed E-state index contributed by atoms with van der Waals surface area (Å²) in [6.07, 6.45) is 5.28. The summed E-state index contributed by atoms with van der Waals surface area (Å²) in [5, 5.41) is 7.12. The highest BCUT2D eigenvalue weighted by molar-refractivity contribution is 5.93. The lowest BCUT2D eigenvalue weighted by Gasteiger charge is -2.15. The first-order valence-electron chi connectivity index (χ1n) is 7.79. The average molecular weight is 283 g/mol. The Bertz CT molecular complexity index is 695. The van der Waals surface area contributed by atoms with E-state index in [-0.39, 0.29) is 6.03 Å². The van der Waals surface area contributed by atoms with Gasteiger partial charge in [0.25, 0.3) is 0 Å². The molecule has 0 aliphatic heterocycles. The van der Waals surface area contributed by atoms with Gasteiger partial charge in [-0.25, -0.2) is 4.79 Å². The second-order valence-corrected chi connectivity index (χ2v) is 6.70. The van der Waals surface area contributed by atoms with Crippen LogP contribution in [-0.4, -0.2) is 17.6 Å². The van der Waals surface area contributed by atoms with Crippen LogP contribution in [0.3, 0.4) is 0 Å². The Morgan fingerprint density at radius 3 is 2.86 bits per heavy atom. The van der Waals surface area contributed by atoms with Crippen molar-refractivity contribution in [3.8, 4) is 0 Å². The molecule has 2 fully saturated rings. The number of benzene rings is 1. The van der Waals surface area contributed by atoms with Gasteiger partial charge in [0, 0.05) is 28.8 Å². The standard InChI is InChI=1S/C17H21N3O/c1-11-8-12-9-14(4-5-15(12)19-11)20-16(21)18-10-17(6-7-17)13-2-3-13/h4-5,8-9,13,19H,2-3,6-7,10H2,1H3,(H2,18,20,21). The predicted octanol–water partition coefficient (Wildman–Crippen LogP) is 3.79. The SMILES string of the molecule is Cc1cc2cc(NC(=O)NCC3(C4CC4)CC3)ccc2[nH]1. The maximum Gasteiger partial charge on any atom is 0.319 e. The molecule has 0 unspecified atom stereocenters. The second kappa shape index (κ2) is 4.52. The Balaban J connectivity index is 1.38. The number of nitrogens with one attached hydrogen (secondary N) is 3. The number of fused-ring (bicyclic) bond motifs is 1. The Labute approximate surface area is 124 Å². The van der Waals surface area contributed by atoms with Crippen LogP contribution >= 0.6 is 0 Å². The summed E-state index contributed by atoms with van der Waals surface area (Å²) in [4.78, 5) is 15.3. The highest BCUT2D eigenvalue weighted by atomic mass is 16.2. The van der Waals surface area contributed by atoms with Crippen LogP contribution in [0.15, 0.2) is 24.3 Å². The number of amides is 2. The zero-order valence-electron chi connectivity index (χ0n) is 12.3. The lowest BCUT2D eigenvalue weighted by Crippen LogP contribution is -2.34. The Morgan fingerprint density at radius 2 is 2.14 bits per heavy atom. The first-order chi connectivity index (χ1) is 10.1. The van der Waals surface area contributed by atoms with Crippen molar-refractivity contribution in [1.29, 1.82) is 0 Å². The third-order valence-electron chi connectivity index (χ3n) is 4.95. The van der Waals surface area contributed by atoms with Crippen molar-refractivity contribution in [1.82, 2.24) is 10.3 Å². The van der Waals surface area contributed by atoms with Crippen molar-refractivity contribution >= 4 is 22.6 Å². The van der Waals surface area contributed by atoms with Gasteiger partial charge in [-0.3, -0.25) is 0 Å². The fourth-order valence-electron chi connectivity index (χ4n) is 3.37. The van der Waals surface area contributed by atoms with Gasteiger partial charge in [-0.1, -0.05) is 0 Å². The minimum absolute atomic E-state index is 0.0893.